The fourth-order valence-corrected chi connectivity index (χ4v) is 3.75. The third-order valence-corrected chi connectivity index (χ3v) is 5.40. The smallest absolute Gasteiger partial charge is 0.319 e. The molecule has 6 nitrogen and oxygen atoms in total. The van der Waals surface area contributed by atoms with Crippen LogP contribution in [0.2, 0.25) is 0 Å². The summed E-state index contributed by atoms with van der Waals surface area (Å²) >= 11 is 0. The van der Waals surface area contributed by atoms with E-state index in [4.69, 9.17) is 4.42 Å². The van der Waals surface area contributed by atoms with Crippen LogP contribution in [0.25, 0.3) is 0 Å². The van der Waals surface area contributed by atoms with Crippen LogP contribution in [-0.4, -0.2) is 43.7 Å². The van der Waals surface area contributed by atoms with E-state index in [2.05, 4.69) is 20.4 Å². The molecule has 1 saturated heterocycles. The number of hydrogen-bond acceptors (Lipinski definition) is 4. The maximum Gasteiger partial charge on any atom is 0.319 e. The Kier molecular flexibility index (Phi) is 6.47. The minimum atomic E-state index is -0.489. The fraction of sp³-hybridized carbons (Fsp3) is 0.261. The van der Waals surface area contributed by atoms with Crippen molar-refractivity contribution in [2.24, 2.45) is 0 Å². The van der Waals surface area contributed by atoms with Gasteiger partial charge in [-0.15, -0.1) is 0 Å². The predicted molar refractivity (Wildman–Crippen MR) is 115 cm³/mol. The zero-order valence-corrected chi connectivity index (χ0v) is 16.9. The maximum atomic E-state index is 13.8. The third kappa shape index (κ3) is 5.21. The van der Waals surface area contributed by atoms with Crippen molar-refractivity contribution >= 4 is 17.4 Å². The molecule has 0 spiro atoms. The van der Waals surface area contributed by atoms with Crippen LogP contribution in [0.15, 0.2) is 71.3 Å². The highest BCUT2D eigenvalue weighted by atomic mass is 19.1. The molecule has 0 bridgehead atoms. The Bertz CT molecular complexity index is 987. The van der Waals surface area contributed by atoms with Gasteiger partial charge < -0.3 is 20.0 Å². The van der Waals surface area contributed by atoms with Gasteiger partial charge in [0.2, 0.25) is 0 Å². The number of para-hydroxylation sites is 1. The largest absolute Gasteiger partial charge is 0.468 e. The molecular weight excluding hydrogens is 402 g/mol. The summed E-state index contributed by atoms with van der Waals surface area (Å²) in [4.78, 5) is 16.7. The molecule has 1 aliphatic heterocycles. The number of urea groups is 1. The molecule has 162 valence electrons. The Morgan fingerprint density at radius 2 is 1.71 bits per heavy atom. The zero-order chi connectivity index (χ0) is 21.6. The molecule has 2 aromatic carbocycles. The minimum absolute atomic E-state index is 0.127. The van der Waals surface area contributed by atoms with Crippen LogP contribution in [-0.2, 0) is 0 Å². The monoisotopic (exact) mass is 426 g/mol. The van der Waals surface area contributed by atoms with Gasteiger partial charge in [-0.05, 0) is 48.5 Å². The topological polar surface area (TPSA) is 60.8 Å². The first-order valence-corrected chi connectivity index (χ1v) is 10.2. The normalized spacial score (nSPS) is 15.5. The number of anilines is 2. The lowest BCUT2D eigenvalue weighted by atomic mass is 10.1. The van der Waals surface area contributed by atoms with Gasteiger partial charge in [0, 0.05) is 38.4 Å². The second-order valence-electron chi connectivity index (χ2n) is 7.35. The quantitative estimate of drug-likeness (QED) is 0.619. The van der Waals surface area contributed by atoms with Crippen molar-refractivity contribution in [1.82, 2.24) is 10.2 Å². The fourth-order valence-electron chi connectivity index (χ4n) is 3.75. The molecular formula is C23H24F2N4O2. The van der Waals surface area contributed by atoms with Gasteiger partial charge in [0.15, 0.2) is 0 Å². The van der Waals surface area contributed by atoms with Gasteiger partial charge in [0.05, 0.1) is 18.0 Å². The first kappa shape index (κ1) is 20.9. The van der Waals surface area contributed by atoms with Gasteiger partial charge in [-0.2, -0.15) is 0 Å². The molecule has 1 unspecified atom stereocenters. The zero-order valence-electron chi connectivity index (χ0n) is 16.9. The molecule has 3 aromatic rings. The highest BCUT2D eigenvalue weighted by molar-refractivity contribution is 5.89. The summed E-state index contributed by atoms with van der Waals surface area (Å²) < 4.78 is 32.6. The van der Waals surface area contributed by atoms with Crippen molar-refractivity contribution in [3.05, 3.63) is 84.3 Å². The van der Waals surface area contributed by atoms with E-state index < -0.39 is 11.8 Å². The molecule has 0 radical (unpaired) electrons. The van der Waals surface area contributed by atoms with E-state index in [1.54, 1.807) is 30.5 Å². The average molecular weight is 426 g/mol. The Morgan fingerprint density at radius 3 is 2.39 bits per heavy atom. The molecule has 1 fully saturated rings. The molecule has 1 atom stereocenters. The summed E-state index contributed by atoms with van der Waals surface area (Å²) in [7, 11) is 0. The molecule has 1 aliphatic rings. The number of halogens is 2. The lowest BCUT2D eigenvalue weighted by Crippen LogP contribution is -2.50. The van der Waals surface area contributed by atoms with E-state index in [0.29, 0.717) is 6.54 Å². The molecule has 2 N–H and O–H groups in total. The Hall–Kier alpha value is -3.39. The number of nitrogens with zero attached hydrogens (tertiary/aromatic N) is 2. The van der Waals surface area contributed by atoms with E-state index in [1.165, 1.54) is 24.3 Å². The van der Waals surface area contributed by atoms with Crippen molar-refractivity contribution in [3.8, 4) is 0 Å². The van der Waals surface area contributed by atoms with Crippen LogP contribution in [0, 0.1) is 11.6 Å². The highest BCUT2D eigenvalue weighted by Crippen LogP contribution is 2.24. The number of nitrogens with one attached hydrogen (secondary N) is 2. The number of carbonyl (C=O) groups excluding carboxylic acids is 1. The van der Waals surface area contributed by atoms with Crippen LogP contribution < -0.4 is 15.5 Å². The van der Waals surface area contributed by atoms with Gasteiger partial charge in [0.1, 0.15) is 17.4 Å². The number of hydrogen-bond donors (Lipinski definition) is 2. The van der Waals surface area contributed by atoms with E-state index in [9.17, 15) is 13.6 Å². The van der Waals surface area contributed by atoms with Crippen LogP contribution in [0.4, 0.5) is 25.0 Å². The summed E-state index contributed by atoms with van der Waals surface area (Å²) in [6.07, 6.45) is 1.61. The van der Waals surface area contributed by atoms with Crippen molar-refractivity contribution in [2.75, 3.05) is 42.9 Å². The van der Waals surface area contributed by atoms with Crippen LogP contribution in [0.5, 0.6) is 0 Å². The number of piperazine rings is 1. The Labute approximate surface area is 179 Å². The second-order valence-corrected chi connectivity index (χ2v) is 7.35. The number of furan rings is 1. The standard InChI is InChI=1S/C23H24F2N4O2/c24-17-7-9-18(10-8-17)28-11-13-29(14-12-28)21(22-6-3-15-31-22)16-26-23(30)27-20-5-2-1-4-19(20)25/h1-10,15,21H,11-14,16H2,(H2,26,27,30). The summed E-state index contributed by atoms with van der Waals surface area (Å²) in [5.41, 5.74) is 1.11. The molecule has 8 heteroatoms. The van der Waals surface area contributed by atoms with Crippen molar-refractivity contribution in [2.45, 2.75) is 6.04 Å². The number of carbonyl (C=O) groups is 1. The van der Waals surface area contributed by atoms with Gasteiger partial charge in [-0.1, -0.05) is 12.1 Å². The first-order valence-electron chi connectivity index (χ1n) is 10.2. The summed E-state index contributed by atoms with van der Waals surface area (Å²) in [5, 5.41) is 5.35. The molecule has 0 saturated carbocycles. The number of benzene rings is 2. The SMILES string of the molecule is O=C(NCC(c1ccco1)N1CCN(c2ccc(F)cc2)CC1)Nc1ccccc1F. The lowest BCUT2D eigenvalue weighted by Gasteiger charge is -2.39. The number of amides is 2. The third-order valence-electron chi connectivity index (χ3n) is 5.40. The molecule has 31 heavy (non-hydrogen) atoms. The second kappa shape index (κ2) is 9.61. The lowest BCUT2D eigenvalue weighted by molar-refractivity contribution is 0.162. The van der Waals surface area contributed by atoms with Crippen LogP contribution in [0.3, 0.4) is 0 Å². The van der Waals surface area contributed by atoms with Crippen LogP contribution >= 0.6 is 0 Å². The van der Waals surface area contributed by atoms with Crippen molar-refractivity contribution in [1.29, 1.82) is 0 Å². The van der Waals surface area contributed by atoms with E-state index in [0.717, 1.165) is 37.6 Å². The Balaban J connectivity index is 1.37. The maximum absolute atomic E-state index is 13.8. The highest BCUT2D eigenvalue weighted by Gasteiger charge is 2.27. The van der Waals surface area contributed by atoms with E-state index >= 15 is 0 Å². The average Bonchev–Trinajstić information content (AvgIpc) is 3.31. The Morgan fingerprint density at radius 1 is 0.968 bits per heavy atom. The van der Waals surface area contributed by atoms with Gasteiger partial charge in [-0.3, -0.25) is 4.90 Å². The molecule has 4 rings (SSSR count). The van der Waals surface area contributed by atoms with Gasteiger partial charge in [0.25, 0.3) is 0 Å². The molecule has 2 heterocycles. The van der Waals surface area contributed by atoms with Gasteiger partial charge in [-0.25, -0.2) is 13.6 Å². The van der Waals surface area contributed by atoms with Crippen molar-refractivity contribution in [3.63, 3.8) is 0 Å². The summed E-state index contributed by atoms with van der Waals surface area (Å²) in [5.74, 6) is 0.0126. The van der Waals surface area contributed by atoms with E-state index in [1.807, 2.05) is 12.1 Å². The predicted octanol–water partition coefficient (Wildman–Crippen LogP) is 4.24. The summed E-state index contributed by atoms with van der Waals surface area (Å²) in [6, 6.07) is 15.6. The minimum Gasteiger partial charge on any atom is -0.468 e. The van der Waals surface area contributed by atoms with Crippen molar-refractivity contribution < 1.29 is 18.0 Å². The molecule has 1 aromatic heterocycles. The molecule has 0 aliphatic carbocycles. The summed E-state index contributed by atoms with van der Waals surface area (Å²) in [6.45, 7) is 3.34. The van der Waals surface area contributed by atoms with E-state index in [-0.39, 0.29) is 17.5 Å². The molecule has 2 amide bonds. The van der Waals surface area contributed by atoms with Crippen LogP contribution in [0.1, 0.15) is 11.8 Å². The number of rotatable bonds is 6. The first-order chi connectivity index (χ1) is 15.1. The van der Waals surface area contributed by atoms with Gasteiger partial charge >= 0.3 is 6.03 Å².